The van der Waals surface area contributed by atoms with Crippen molar-refractivity contribution in [1.82, 2.24) is 20.9 Å². The molecule has 0 aromatic heterocycles. The largest absolute Gasteiger partial charge is 0.370 e. The molecule has 0 fully saturated rings. The molecule has 5 amide bonds. The molecule has 0 radical (unpaired) electrons. The number of urea groups is 1. The average Bonchev–Trinajstić information content (AvgIpc) is 3.09. The van der Waals surface area contributed by atoms with E-state index in [1.54, 1.807) is 20.8 Å². The number of carbonyl (C=O) groups excluding carboxylic acids is 5. The van der Waals surface area contributed by atoms with Crippen molar-refractivity contribution in [1.29, 1.82) is 0 Å². The smallest absolute Gasteiger partial charge is 0.312 e. The molecule has 0 aromatic rings. The predicted octanol–water partition coefficient (Wildman–Crippen LogP) is 0.953. The zero-order valence-electron chi connectivity index (χ0n) is 22.1. The Labute approximate surface area is 213 Å². The Morgan fingerprint density at radius 3 is 2.28 bits per heavy atom. The third-order valence-corrected chi connectivity index (χ3v) is 5.92. The monoisotopic (exact) mass is 509 g/mol. The van der Waals surface area contributed by atoms with E-state index in [0.717, 1.165) is 0 Å². The number of aliphatic hydroxyl groups is 1. The molecule has 0 spiro atoms. The molecular weight excluding hydrogens is 466 g/mol. The maximum atomic E-state index is 13.1. The van der Waals surface area contributed by atoms with Crippen molar-refractivity contribution in [2.45, 2.75) is 91.5 Å². The van der Waals surface area contributed by atoms with Crippen LogP contribution < -0.4 is 21.7 Å². The highest BCUT2D eigenvalue weighted by Crippen LogP contribution is 2.19. The lowest BCUT2D eigenvalue weighted by Crippen LogP contribution is -2.55. The maximum Gasteiger partial charge on any atom is 0.312 e. The Hall–Kier alpha value is -2.95. The Morgan fingerprint density at radius 2 is 1.75 bits per heavy atom. The van der Waals surface area contributed by atoms with E-state index in [-0.39, 0.29) is 36.5 Å². The fraction of sp³-hybridized carbons (Fsp3) is 0.720. The fourth-order valence-electron chi connectivity index (χ4n) is 3.84. The van der Waals surface area contributed by atoms with Crippen molar-refractivity contribution < 1.29 is 29.1 Å². The summed E-state index contributed by atoms with van der Waals surface area (Å²) in [5, 5.41) is 17.8. The molecule has 11 nitrogen and oxygen atoms in total. The summed E-state index contributed by atoms with van der Waals surface area (Å²) in [5.41, 5.74) is 4.39. The molecule has 0 saturated carbocycles. The number of aliphatic hydroxyl groups excluding tert-OH is 1. The quantitative estimate of drug-likeness (QED) is 0.206. The molecule has 3 atom stereocenters. The van der Waals surface area contributed by atoms with Crippen LogP contribution in [0.25, 0.3) is 0 Å². The third-order valence-electron chi connectivity index (χ3n) is 5.92. The average molecular weight is 510 g/mol. The van der Waals surface area contributed by atoms with E-state index in [1.807, 2.05) is 13.8 Å². The van der Waals surface area contributed by atoms with Gasteiger partial charge in [0.1, 0.15) is 12.3 Å². The van der Waals surface area contributed by atoms with Gasteiger partial charge < -0.3 is 31.7 Å². The number of carbonyl (C=O) groups is 5. The van der Waals surface area contributed by atoms with Crippen LogP contribution in [-0.4, -0.2) is 70.9 Å². The zero-order chi connectivity index (χ0) is 27.5. The number of hydrogen-bond acceptors (Lipinski definition) is 6. The Kier molecular flexibility index (Phi) is 12.6. The summed E-state index contributed by atoms with van der Waals surface area (Å²) in [5.74, 6) is -1.27. The van der Waals surface area contributed by atoms with E-state index in [0.29, 0.717) is 38.6 Å². The first-order valence-electron chi connectivity index (χ1n) is 12.6. The van der Waals surface area contributed by atoms with Gasteiger partial charge >= 0.3 is 6.03 Å². The minimum Gasteiger partial charge on any atom is -0.370 e. The highest BCUT2D eigenvalue weighted by atomic mass is 16.3. The first-order valence-corrected chi connectivity index (χ1v) is 12.6. The molecule has 0 aliphatic carbocycles. The molecule has 1 heterocycles. The first-order chi connectivity index (χ1) is 16.7. The van der Waals surface area contributed by atoms with Crippen LogP contribution in [0.3, 0.4) is 0 Å². The second kappa shape index (κ2) is 14.6. The second-order valence-corrected chi connectivity index (χ2v) is 10.5. The normalized spacial score (nSPS) is 17.1. The molecule has 6 N–H and O–H groups in total. The molecule has 3 unspecified atom stereocenters. The van der Waals surface area contributed by atoms with Crippen molar-refractivity contribution in [3.8, 4) is 0 Å². The van der Waals surface area contributed by atoms with Gasteiger partial charge in [0.05, 0.1) is 6.04 Å². The molecule has 0 bridgehead atoms. The summed E-state index contributed by atoms with van der Waals surface area (Å²) in [7, 11) is 0. The van der Waals surface area contributed by atoms with Gasteiger partial charge in [-0.3, -0.25) is 19.2 Å². The highest BCUT2D eigenvalue weighted by Gasteiger charge is 2.33. The van der Waals surface area contributed by atoms with Crippen molar-refractivity contribution in [2.24, 2.45) is 17.1 Å². The number of ketones is 1. The fourth-order valence-corrected chi connectivity index (χ4v) is 3.84. The zero-order valence-corrected chi connectivity index (χ0v) is 22.1. The van der Waals surface area contributed by atoms with Crippen LogP contribution in [0.2, 0.25) is 0 Å². The lowest BCUT2D eigenvalue weighted by molar-refractivity contribution is -0.135. The maximum absolute atomic E-state index is 13.1. The van der Waals surface area contributed by atoms with E-state index in [2.05, 4.69) is 16.0 Å². The first kappa shape index (κ1) is 31.1. The summed E-state index contributed by atoms with van der Waals surface area (Å²) in [6.07, 6.45) is 4.78. The summed E-state index contributed by atoms with van der Waals surface area (Å²) < 4.78 is 0. The second-order valence-electron chi connectivity index (χ2n) is 10.5. The van der Waals surface area contributed by atoms with Crippen LogP contribution in [0, 0.1) is 11.3 Å². The third kappa shape index (κ3) is 10.8. The SMILES string of the molecule is CC(C)C(NC(=O)CCCCCN1C(=O)C=CC1O)C(=O)NC(CCCNC(N)=O)C(=O)C(C)(C)C. The van der Waals surface area contributed by atoms with Gasteiger partial charge in [0.15, 0.2) is 5.78 Å². The standard InChI is InChI=1S/C25H43N5O6/c1-16(2)21(29-18(31)11-7-6-8-15-30-19(32)12-13-20(30)33)23(35)28-17(22(34)25(3,4)5)10-9-14-27-24(26)36/h12-13,16-17,19,21,32H,6-11,14-15H2,1-5H3,(H,28,35)(H,29,31)(H3,26,27,36). The predicted molar refractivity (Wildman–Crippen MR) is 135 cm³/mol. The number of rotatable bonds is 15. The van der Waals surface area contributed by atoms with Crippen molar-refractivity contribution in [3.05, 3.63) is 12.2 Å². The van der Waals surface area contributed by atoms with E-state index in [9.17, 15) is 29.1 Å². The van der Waals surface area contributed by atoms with Gasteiger partial charge in [-0.2, -0.15) is 0 Å². The molecule has 1 aliphatic rings. The van der Waals surface area contributed by atoms with Crippen LogP contribution in [0.15, 0.2) is 12.2 Å². The Balaban J connectivity index is 2.59. The van der Waals surface area contributed by atoms with Crippen LogP contribution in [0.4, 0.5) is 4.79 Å². The van der Waals surface area contributed by atoms with Gasteiger partial charge in [-0.25, -0.2) is 4.79 Å². The topological polar surface area (TPSA) is 171 Å². The van der Waals surface area contributed by atoms with Crippen LogP contribution in [-0.2, 0) is 19.2 Å². The van der Waals surface area contributed by atoms with Gasteiger partial charge in [-0.1, -0.05) is 41.0 Å². The molecule has 0 aromatic carbocycles. The number of unbranched alkanes of at least 4 members (excludes halogenated alkanes) is 2. The van der Waals surface area contributed by atoms with E-state index < -0.39 is 35.7 Å². The minimum atomic E-state index is -0.889. The van der Waals surface area contributed by atoms with Gasteiger partial charge in [-0.15, -0.1) is 0 Å². The summed E-state index contributed by atoms with van der Waals surface area (Å²) >= 11 is 0. The number of nitrogens with one attached hydrogen (secondary N) is 3. The summed E-state index contributed by atoms with van der Waals surface area (Å²) in [6, 6.07) is -2.22. The van der Waals surface area contributed by atoms with Crippen molar-refractivity contribution >= 4 is 29.5 Å². The number of amides is 5. The van der Waals surface area contributed by atoms with Gasteiger partial charge in [0.2, 0.25) is 17.7 Å². The molecule has 204 valence electrons. The molecule has 36 heavy (non-hydrogen) atoms. The Morgan fingerprint density at radius 1 is 1.08 bits per heavy atom. The van der Waals surface area contributed by atoms with Gasteiger partial charge in [-0.05, 0) is 37.7 Å². The highest BCUT2D eigenvalue weighted by molar-refractivity contribution is 5.95. The molecule has 1 aliphatic heterocycles. The van der Waals surface area contributed by atoms with E-state index in [1.165, 1.54) is 17.1 Å². The van der Waals surface area contributed by atoms with Crippen LogP contribution >= 0.6 is 0 Å². The van der Waals surface area contributed by atoms with Crippen LogP contribution in [0.5, 0.6) is 0 Å². The molecular formula is C25H43N5O6. The Bertz CT molecular complexity index is 820. The molecule has 0 saturated heterocycles. The number of primary amides is 1. The molecule has 1 rings (SSSR count). The lowest BCUT2D eigenvalue weighted by atomic mass is 9.84. The van der Waals surface area contributed by atoms with Gasteiger partial charge in [0.25, 0.3) is 0 Å². The van der Waals surface area contributed by atoms with E-state index in [4.69, 9.17) is 5.73 Å². The lowest BCUT2D eigenvalue weighted by Gasteiger charge is -2.28. The summed E-state index contributed by atoms with van der Waals surface area (Å²) in [4.78, 5) is 62.4. The van der Waals surface area contributed by atoms with Gasteiger partial charge in [0, 0.05) is 31.0 Å². The number of nitrogens with zero attached hydrogens (tertiary/aromatic N) is 1. The minimum absolute atomic E-state index is 0.138. The van der Waals surface area contributed by atoms with Crippen molar-refractivity contribution in [3.63, 3.8) is 0 Å². The van der Waals surface area contributed by atoms with E-state index >= 15 is 0 Å². The van der Waals surface area contributed by atoms with Crippen LogP contribution in [0.1, 0.15) is 73.1 Å². The molecule has 11 heteroatoms. The summed E-state index contributed by atoms with van der Waals surface area (Å²) in [6.45, 7) is 9.63. The number of Topliss-reactive ketones (excluding diaryl/α,β-unsaturated/α-hetero) is 1. The number of hydrogen-bond donors (Lipinski definition) is 5. The van der Waals surface area contributed by atoms with Crippen molar-refractivity contribution in [2.75, 3.05) is 13.1 Å². The number of nitrogens with two attached hydrogens (primary N) is 1.